The van der Waals surface area contributed by atoms with E-state index in [0.29, 0.717) is 11.4 Å². The molecule has 1 aromatic carbocycles. The van der Waals surface area contributed by atoms with E-state index in [-0.39, 0.29) is 4.90 Å². The summed E-state index contributed by atoms with van der Waals surface area (Å²) in [5.74, 6) is 0. The van der Waals surface area contributed by atoms with Crippen LogP contribution in [0.15, 0.2) is 47.5 Å². The highest BCUT2D eigenvalue weighted by atomic mass is 35.5. The molecule has 24 heavy (non-hydrogen) atoms. The van der Waals surface area contributed by atoms with Gasteiger partial charge in [-0.3, -0.25) is 4.98 Å². The molecule has 2 N–H and O–H groups in total. The molecule has 0 saturated carbocycles. The molecule has 5 nitrogen and oxygen atoms in total. The fraction of sp³-hybridized carbons (Fsp3) is 0.125. The molecule has 0 atom stereocenters. The molecule has 124 valence electrons. The number of nitrogens with zero attached hydrogens (tertiary/aromatic N) is 2. The SMILES string of the molecule is Cc1nc(Cc2ccc(Cl)cn2)sc1-c1ccc(S(N)(=O)=O)cc1. The van der Waals surface area contributed by atoms with Crippen molar-refractivity contribution in [3.8, 4) is 10.4 Å². The molecule has 0 aliphatic heterocycles. The molecule has 0 spiro atoms. The summed E-state index contributed by atoms with van der Waals surface area (Å²) in [6.45, 7) is 1.93. The molecule has 0 aliphatic rings. The van der Waals surface area contributed by atoms with Gasteiger partial charge in [-0.1, -0.05) is 23.7 Å². The van der Waals surface area contributed by atoms with Crippen molar-refractivity contribution in [3.63, 3.8) is 0 Å². The Labute approximate surface area is 149 Å². The van der Waals surface area contributed by atoms with Crippen molar-refractivity contribution >= 4 is 33.0 Å². The number of nitrogens with two attached hydrogens (primary N) is 1. The highest BCUT2D eigenvalue weighted by Gasteiger charge is 2.13. The Hall–Kier alpha value is -1.80. The Morgan fingerprint density at radius 3 is 2.46 bits per heavy atom. The second-order valence-electron chi connectivity index (χ2n) is 5.24. The molecule has 2 aromatic heterocycles. The lowest BCUT2D eigenvalue weighted by Gasteiger charge is -2.01. The molecular weight excluding hydrogens is 366 g/mol. The summed E-state index contributed by atoms with van der Waals surface area (Å²) in [4.78, 5) is 9.95. The number of thiazole rings is 1. The lowest BCUT2D eigenvalue weighted by molar-refractivity contribution is 0.598. The fourth-order valence-electron chi connectivity index (χ4n) is 2.26. The zero-order valence-corrected chi connectivity index (χ0v) is 15.1. The van der Waals surface area contributed by atoms with Gasteiger partial charge in [-0.05, 0) is 36.8 Å². The quantitative estimate of drug-likeness (QED) is 0.752. The summed E-state index contributed by atoms with van der Waals surface area (Å²) >= 11 is 7.40. The van der Waals surface area contributed by atoms with E-state index in [4.69, 9.17) is 16.7 Å². The first-order valence-corrected chi connectivity index (χ1v) is 9.77. The minimum Gasteiger partial charge on any atom is -0.259 e. The van der Waals surface area contributed by atoms with Crippen LogP contribution in [0.25, 0.3) is 10.4 Å². The van der Waals surface area contributed by atoms with Gasteiger partial charge < -0.3 is 0 Å². The third-order valence-corrected chi connectivity index (χ3v) is 5.77. The standard InChI is InChI=1S/C16H14ClN3O2S2/c1-10-16(11-2-6-14(7-3-11)24(18,21)22)23-15(20-10)8-13-5-4-12(17)9-19-13/h2-7,9H,8H2,1H3,(H2,18,21,22). The van der Waals surface area contributed by atoms with Crippen LogP contribution in [0.2, 0.25) is 5.02 Å². The fourth-order valence-corrected chi connectivity index (χ4v) is 3.97. The molecule has 0 saturated heterocycles. The third kappa shape index (κ3) is 3.81. The number of rotatable bonds is 4. The highest BCUT2D eigenvalue weighted by Crippen LogP contribution is 2.31. The van der Waals surface area contributed by atoms with E-state index in [1.165, 1.54) is 12.1 Å². The van der Waals surface area contributed by atoms with Crippen LogP contribution in [0.4, 0.5) is 0 Å². The third-order valence-electron chi connectivity index (χ3n) is 3.41. The Kier molecular flexibility index (Phi) is 4.69. The molecule has 0 bridgehead atoms. The number of hydrogen-bond acceptors (Lipinski definition) is 5. The van der Waals surface area contributed by atoms with Crippen LogP contribution < -0.4 is 5.14 Å². The second kappa shape index (κ2) is 6.60. The molecule has 2 heterocycles. The van der Waals surface area contributed by atoms with Gasteiger partial charge in [0.25, 0.3) is 0 Å². The van der Waals surface area contributed by atoms with Crippen molar-refractivity contribution in [1.29, 1.82) is 0 Å². The number of benzene rings is 1. The number of aromatic nitrogens is 2. The minimum atomic E-state index is -3.68. The molecule has 0 radical (unpaired) electrons. The topological polar surface area (TPSA) is 85.9 Å². The Bertz CT molecular complexity index is 966. The molecule has 3 rings (SSSR count). The highest BCUT2D eigenvalue weighted by molar-refractivity contribution is 7.89. The monoisotopic (exact) mass is 379 g/mol. The van der Waals surface area contributed by atoms with E-state index >= 15 is 0 Å². The van der Waals surface area contributed by atoms with Crippen LogP contribution in [0.1, 0.15) is 16.4 Å². The number of pyridine rings is 1. The lowest BCUT2D eigenvalue weighted by atomic mass is 10.2. The van der Waals surface area contributed by atoms with Crippen molar-refractivity contribution in [2.24, 2.45) is 5.14 Å². The van der Waals surface area contributed by atoms with Crippen LogP contribution >= 0.6 is 22.9 Å². The van der Waals surface area contributed by atoms with E-state index in [2.05, 4.69) is 9.97 Å². The van der Waals surface area contributed by atoms with Gasteiger partial charge in [-0.25, -0.2) is 18.5 Å². The van der Waals surface area contributed by atoms with Crippen LogP contribution in [0.5, 0.6) is 0 Å². The van der Waals surface area contributed by atoms with E-state index in [1.807, 2.05) is 13.0 Å². The van der Waals surface area contributed by atoms with Crippen molar-refractivity contribution in [3.05, 3.63) is 64.0 Å². The van der Waals surface area contributed by atoms with Crippen LogP contribution in [0, 0.1) is 6.92 Å². The van der Waals surface area contributed by atoms with Gasteiger partial charge in [-0.2, -0.15) is 0 Å². The summed E-state index contributed by atoms with van der Waals surface area (Å²) in [7, 11) is -3.68. The average molecular weight is 380 g/mol. The van der Waals surface area contributed by atoms with Crippen molar-refractivity contribution in [2.75, 3.05) is 0 Å². The zero-order chi connectivity index (χ0) is 17.3. The Morgan fingerprint density at radius 1 is 1.17 bits per heavy atom. The van der Waals surface area contributed by atoms with Gasteiger partial charge in [-0.15, -0.1) is 11.3 Å². The number of primary sulfonamides is 1. The van der Waals surface area contributed by atoms with Crippen molar-refractivity contribution in [2.45, 2.75) is 18.2 Å². The van der Waals surface area contributed by atoms with E-state index in [9.17, 15) is 8.42 Å². The summed E-state index contributed by atoms with van der Waals surface area (Å²) in [6, 6.07) is 10.2. The summed E-state index contributed by atoms with van der Waals surface area (Å²) in [6.07, 6.45) is 2.24. The van der Waals surface area contributed by atoms with Crippen LogP contribution in [-0.2, 0) is 16.4 Å². The Morgan fingerprint density at radius 2 is 1.88 bits per heavy atom. The molecule has 3 aromatic rings. The van der Waals surface area contributed by atoms with E-state index < -0.39 is 10.0 Å². The van der Waals surface area contributed by atoms with Gasteiger partial charge in [0, 0.05) is 18.3 Å². The molecule has 0 fully saturated rings. The predicted molar refractivity (Wildman–Crippen MR) is 95.7 cm³/mol. The Balaban J connectivity index is 1.87. The van der Waals surface area contributed by atoms with Crippen LogP contribution in [0.3, 0.4) is 0 Å². The molecule has 0 unspecified atom stereocenters. The summed E-state index contributed by atoms with van der Waals surface area (Å²) in [5, 5.41) is 6.66. The largest absolute Gasteiger partial charge is 0.259 e. The van der Waals surface area contributed by atoms with Crippen molar-refractivity contribution < 1.29 is 8.42 Å². The average Bonchev–Trinajstić information content (AvgIpc) is 2.89. The second-order valence-corrected chi connectivity index (χ2v) is 8.32. The number of aryl methyl sites for hydroxylation is 1. The maximum Gasteiger partial charge on any atom is 0.238 e. The van der Waals surface area contributed by atoms with Gasteiger partial charge in [0.2, 0.25) is 10.0 Å². The molecule has 0 aliphatic carbocycles. The first kappa shape index (κ1) is 17.0. The zero-order valence-electron chi connectivity index (χ0n) is 12.7. The number of halogens is 1. The van der Waals surface area contributed by atoms with Crippen molar-refractivity contribution in [1.82, 2.24) is 9.97 Å². The first-order valence-electron chi connectivity index (χ1n) is 7.03. The molecule has 0 amide bonds. The van der Waals surface area contributed by atoms with Gasteiger partial charge >= 0.3 is 0 Å². The van der Waals surface area contributed by atoms with Gasteiger partial charge in [0.15, 0.2) is 0 Å². The summed E-state index contributed by atoms with van der Waals surface area (Å²) < 4.78 is 22.7. The number of hydrogen-bond donors (Lipinski definition) is 1. The van der Waals surface area contributed by atoms with Gasteiger partial charge in [0.1, 0.15) is 0 Å². The van der Waals surface area contributed by atoms with Gasteiger partial charge in [0.05, 0.1) is 25.5 Å². The lowest BCUT2D eigenvalue weighted by Crippen LogP contribution is -2.11. The molecule has 8 heteroatoms. The first-order chi connectivity index (χ1) is 11.3. The maximum absolute atomic E-state index is 11.3. The normalized spacial score (nSPS) is 11.6. The minimum absolute atomic E-state index is 0.0963. The van der Waals surface area contributed by atoms with Crippen LogP contribution in [-0.4, -0.2) is 18.4 Å². The van der Waals surface area contributed by atoms with E-state index in [0.717, 1.165) is 26.8 Å². The summed E-state index contributed by atoms with van der Waals surface area (Å²) in [5.41, 5.74) is 2.70. The molecular formula is C16H14ClN3O2S2. The van der Waals surface area contributed by atoms with E-state index in [1.54, 1.807) is 35.7 Å². The predicted octanol–water partition coefficient (Wildman–Crippen LogP) is 3.41. The maximum atomic E-state index is 11.3. The number of sulfonamides is 1. The smallest absolute Gasteiger partial charge is 0.238 e.